The van der Waals surface area contributed by atoms with E-state index < -0.39 is 0 Å². The summed E-state index contributed by atoms with van der Waals surface area (Å²) < 4.78 is 3.34. The van der Waals surface area contributed by atoms with Crippen LogP contribution in [0.4, 0.5) is 0 Å². The largest absolute Gasteiger partial charge is 0.291 e. The quantitative estimate of drug-likeness (QED) is 0.302. The van der Waals surface area contributed by atoms with Crippen molar-refractivity contribution in [2.24, 2.45) is 5.10 Å². The number of benzene rings is 1. The van der Waals surface area contributed by atoms with E-state index in [-0.39, 0.29) is 0 Å². The van der Waals surface area contributed by atoms with Gasteiger partial charge in [-0.15, -0.1) is 9.73 Å². The Morgan fingerprint density at radius 2 is 2.16 bits per heavy atom. The minimum absolute atomic E-state index is 0.400. The van der Waals surface area contributed by atoms with Crippen LogP contribution in [0, 0.1) is 4.77 Å². The summed E-state index contributed by atoms with van der Waals surface area (Å²) in [6.07, 6.45) is 1.68. The van der Waals surface area contributed by atoms with Crippen molar-refractivity contribution in [2.45, 2.75) is 10.9 Å². The molecule has 0 saturated carbocycles. The van der Waals surface area contributed by atoms with E-state index in [0.717, 1.165) is 5.56 Å². The van der Waals surface area contributed by atoms with Crippen molar-refractivity contribution in [2.75, 3.05) is 0 Å². The van der Waals surface area contributed by atoms with Crippen LogP contribution >= 0.6 is 35.6 Å². The lowest BCUT2D eigenvalue weighted by Gasteiger charge is -1.99. The third kappa shape index (κ3) is 3.45. The lowest BCUT2D eigenvalue weighted by molar-refractivity contribution is 0.714. The summed E-state index contributed by atoms with van der Waals surface area (Å²) in [5, 5.41) is 26.7. The topological polar surface area (TPSA) is 118 Å². The molecule has 0 fully saturated rings. The highest BCUT2D eigenvalue weighted by Gasteiger charge is 2.10. The summed E-state index contributed by atoms with van der Waals surface area (Å²) in [4.78, 5) is 4.21. The van der Waals surface area contributed by atoms with Crippen LogP contribution in [0.15, 0.2) is 34.5 Å². The van der Waals surface area contributed by atoms with E-state index >= 15 is 0 Å². The molecule has 0 unspecified atom stereocenters. The van der Waals surface area contributed by atoms with Crippen LogP contribution < -0.4 is 0 Å². The van der Waals surface area contributed by atoms with Gasteiger partial charge in [-0.3, -0.25) is 5.10 Å². The predicted molar refractivity (Wildman–Crippen MR) is 94.3 cm³/mol. The molecule has 0 bridgehead atoms. The number of hydrogen-bond acceptors (Lipinski definition) is 8. The Bertz CT molecular complexity index is 1060. The first-order chi connectivity index (χ1) is 12.2. The van der Waals surface area contributed by atoms with Crippen LogP contribution in [0.3, 0.4) is 0 Å². The Morgan fingerprint density at radius 3 is 2.96 bits per heavy atom. The second kappa shape index (κ2) is 6.74. The molecule has 0 aliphatic heterocycles. The molecule has 0 radical (unpaired) electrons. The lowest BCUT2D eigenvalue weighted by atomic mass is 10.2. The van der Waals surface area contributed by atoms with Crippen molar-refractivity contribution in [1.82, 2.24) is 45.1 Å². The van der Waals surface area contributed by atoms with Gasteiger partial charge >= 0.3 is 0 Å². The SMILES string of the molecule is S=c1[nH]nc(CSc2nc3nn[nH]n3n2)n1/N=C/c1ccc(Cl)cc1. The van der Waals surface area contributed by atoms with E-state index in [2.05, 4.69) is 40.9 Å². The Morgan fingerprint density at radius 1 is 1.32 bits per heavy atom. The smallest absolute Gasteiger partial charge is 0.250 e. The molecule has 4 rings (SSSR count). The number of tetrazole rings is 1. The van der Waals surface area contributed by atoms with Crippen molar-refractivity contribution in [3.05, 3.63) is 45.4 Å². The fourth-order valence-electron chi connectivity index (χ4n) is 1.93. The van der Waals surface area contributed by atoms with E-state index in [1.165, 1.54) is 16.4 Å². The highest BCUT2D eigenvalue weighted by atomic mass is 35.5. The van der Waals surface area contributed by atoms with E-state index in [9.17, 15) is 0 Å². The molecule has 3 aromatic heterocycles. The van der Waals surface area contributed by atoms with Crippen LogP contribution in [0.1, 0.15) is 11.4 Å². The first kappa shape index (κ1) is 15.9. The third-order valence-corrected chi connectivity index (χ3v) is 4.44. The second-order valence-corrected chi connectivity index (χ2v) is 6.51. The average molecular weight is 393 g/mol. The molecular weight excluding hydrogens is 384 g/mol. The zero-order chi connectivity index (χ0) is 17.2. The molecular formula is C12H9ClN10S2. The van der Waals surface area contributed by atoms with Crippen molar-refractivity contribution in [3.63, 3.8) is 0 Å². The fraction of sp³-hybridized carbons (Fsp3) is 0.0833. The molecule has 1 aromatic carbocycles. The van der Waals surface area contributed by atoms with Crippen LogP contribution in [0.5, 0.6) is 0 Å². The molecule has 0 spiro atoms. The molecule has 0 saturated heterocycles. The summed E-state index contributed by atoms with van der Waals surface area (Å²) in [5.74, 6) is 1.53. The monoisotopic (exact) mass is 392 g/mol. The van der Waals surface area contributed by atoms with Gasteiger partial charge in [0.25, 0.3) is 5.78 Å². The highest BCUT2D eigenvalue weighted by Crippen LogP contribution is 2.18. The number of nitrogens with zero attached hydrogens (tertiary/aromatic N) is 8. The Kier molecular flexibility index (Phi) is 4.29. The highest BCUT2D eigenvalue weighted by molar-refractivity contribution is 7.98. The maximum absolute atomic E-state index is 5.87. The summed E-state index contributed by atoms with van der Waals surface area (Å²) in [6.45, 7) is 0. The second-order valence-electron chi connectivity index (χ2n) is 4.75. The van der Waals surface area contributed by atoms with Gasteiger partial charge in [0, 0.05) is 5.02 Å². The summed E-state index contributed by atoms with van der Waals surface area (Å²) in [5.41, 5.74) is 0.898. The Balaban J connectivity index is 1.51. The number of thioether (sulfide) groups is 1. The van der Waals surface area contributed by atoms with Crippen molar-refractivity contribution < 1.29 is 0 Å². The van der Waals surface area contributed by atoms with Gasteiger partial charge in [-0.25, -0.2) is 0 Å². The zero-order valence-electron chi connectivity index (χ0n) is 12.4. The minimum Gasteiger partial charge on any atom is -0.250 e. The van der Waals surface area contributed by atoms with Gasteiger partial charge in [0.05, 0.1) is 12.0 Å². The van der Waals surface area contributed by atoms with E-state index in [0.29, 0.717) is 32.3 Å². The van der Waals surface area contributed by atoms with E-state index in [1.54, 1.807) is 23.0 Å². The van der Waals surface area contributed by atoms with Gasteiger partial charge in [-0.05, 0) is 35.1 Å². The number of halogens is 1. The van der Waals surface area contributed by atoms with E-state index in [1.807, 2.05) is 12.1 Å². The summed E-state index contributed by atoms with van der Waals surface area (Å²) in [7, 11) is 0. The molecule has 0 amide bonds. The molecule has 3 heterocycles. The standard InChI is InChI=1S/C12H9ClN10S2/c13-8-3-1-7(2-4-8)5-14-22-9(16-18-12(22)24)6-25-11-15-10-17-20-21-23(10)19-11/h1-5H,6H2,(H,18,24)(H,15,17,19,21)/b14-5+. The number of H-pyrrole nitrogens is 2. The molecule has 0 aliphatic carbocycles. The number of aromatic nitrogens is 9. The number of hydrogen-bond donors (Lipinski definition) is 2. The fourth-order valence-corrected chi connectivity index (χ4v) is 2.98. The van der Waals surface area contributed by atoms with Gasteiger partial charge in [0.2, 0.25) is 9.93 Å². The van der Waals surface area contributed by atoms with Crippen molar-refractivity contribution >= 4 is 47.6 Å². The molecule has 25 heavy (non-hydrogen) atoms. The van der Waals surface area contributed by atoms with Crippen LogP contribution in [-0.2, 0) is 5.75 Å². The van der Waals surface area contributed by atoms with Gasteiger partial charge in [0.1, 0.15) is 0 Å². The first-order valence-electron chi connectivity index (χ1n) is 6.92. The van der Waals surface area contributed by atoms with Crippen LogP contribution in [-0.4, -0.2) is 51.3 Å². The lowest BCUT2D eigenvalue weighted by Crippen LogP contribution is -1.98. The Hall–Kier alpha value is -2.57. The Labute approximate surface area is 154 Å². The van der Waals surface area contributed by atoms with Gasteiger partial charge < -0.3 is 0 Å². The summed E-state index contributed by atoms with van der Waals surface area (Å²) >= 11 is 12.5. The number of nitrogens with one attached hydrogen (secondary N) is 2. The number of aromatic amines is 2. The van der Waals surface area contributed by atoms with Crippen LogP contribution in [0.25, 0.3) is 5.78 Å². The third-order valence-electron chi connectivity index (χ3n) is 3.09. The molecule has 0 aliphatic rings. The zero-order valence-corrected chi connectivity index (χ0v) is 14.8. The molecule has 0 atom stereocenters. The molecule has 126 valence electrons. The molecule has 2 N–H and O–H groups in total. The van der Waals surface area contributed by atoms with Crippen LogP contribution in [0.2, 0.25) is 5.02 Å². The first-order valence-corrected chi connectivity index (χ1v) is 8.69. The minimum atomic E-state index is 0.400. The normalized spacial score (nSPS) is 11.7. The maximum Gasteiger partial charge on any atom is 0.291 e. The van der Waals surface area contributed by atoms with Gasteiger partial charge in [0.15, 0.2) is 5.82 Å². The van der Waals surface area contributed by atoms with E-state index in [4.69, 9.17) is 23.8 Å². The number of fused-ring (bicyclic) bond motifs is 1. The van der Waals surface area contributed by atoms with Gasteiger partial charge in [-0.2, -0.15) is 25.1 Å². The molecule has 10 nitrogen and oxygen atoms in total. The van der Waals surface area contributed by atoms with Crippen molar-refractivity contribution in [3.8, 4) is 0 Å². The molecule has 13 heteroatoms. The van der Waals surface area contributed by atoms with Gasteiger partial charge in [-0.1, -0.05) is 40.6 Å². The molecule has 4 aromatic rings. The predicted octanol–water partition coefficient (Wildman–Crippen LogP) is 1.93. The van der Waals surface area contributed by atoms with Crippen molar-refractivity contribution in [1.29, 1.82) is 0 Å². The number of rotatable bonds is 5. The summed E-state index contributed by atoms with van der Waals surface area (Å²) in [6, 6.07) is 7.32. The maximum atomic E-state index is 5.87. The average Bonchev–Trinajstić information content (AvgIpc) is 3.28.